The maximum atomic E-state index is 12.3. The van der Waals surface area contributed by atoms with Crippen LogP contribution in [0.5, 0.6) is 0 Å². The number of nitrogens with zero attached hydrogens (tertiary/aromatic N) is 2. The standard InChI is InChI=1S/C19H27N3O/c23-19(20-18-9-5-2-6-10-18)22-15-13-21(14-16-22)12-11-17-7-3-1-4-8-17/h2,5-7,9-10H,1,3-4,8,11-16H2,(H,20,23). The highest BCUT2D eigenvalue weighted by Crippen LogP contribution is 2.20. The molecule has 0 aromatic heterocycles. The number of amides is 2. The van der Waals surface area contributed by atoms with Crippen molar-refractivity contribution in [1.29, 1.82) is 0 Å². The minimum atomic E-state index is 0.0193. The van der Waals surface area contributed by atoms with Crippen molar-refractivity contribution in [2.45, 2.75) is 32.1 Å². The molecule has 1 heterocycles. The van der Waals surface area contributed by atoms with Crippen LogP contribution < -0.4 is 5.32 Å². The van der Waals surface area contributed by atoms with E-state index in [4.69, 9.17) is 0 Å². The van der Waals surface area contributed by atoms with E-state index in [1.165, 1.54) is 32.1 Å². The zero-order chi connectivity index (χ0) is 15.9. The van der Waals surface area contributed by atoms with Crippen LogP contribution >= 0.6 is 0 Å². The van der Waals surface area contributed by atoms with Crippen LogP contribution in [0, 0.1) is 0 Å². The molecule has 1 aliphatic carbocycles. The third-order valence-corrected chi connectivity index (χ3v) is 4.82. The molecule has 4 heteroatoms. The number of carbonyl (C=O) groups excluding carboxylic acids is 1. The third kappa shape index (κ3) is 4.83. The summed E-state index contributed by atoms with van der Waals surface area (Å²) in [5, 5.41) is 2.97. The fourth-order valence-corrected chi connectivity index (χ4v) is 3.33. The number of piperazine rings is 1. The van der Waals surface area contributed by atoms with Crippen LogP contribution in [0.1, 0.15) is 32.1 Å². The molecule has 1 fully saturated rings. The van der Waals surface area contributed by atoms with Crippen molar-refractivity contribution in [3.05, 3.63) is 42.0 Å². The largest absolute Gasteiger partial charge is 0.322 e. The normalized spacial score (nSPS) is 19.3. The first-order valence-corrected chi connectivity index (χ1v) is 8.82. The predicted molar refractivity (Wildman–Crippen MR) is 94.6 cm³/mol. The van der Waals surface area contributed by atoms with Crippen LogP contribution in [0.25, 0.3) is 0 Å². The van der Waals surface area contributed by atoms with Crippen LogP contribution in [0.2, 0.25) is 0 Å². The molecule has 0 unspecified atom stereocenters. The summed E-state index contributed by atoms with van der Waals surface area (Å²) in [6, 6.07) is 9.70. The van der Waals surface area contributed by atoms with E-state index in [1.807, 2.05) is 35.2 Å². The Morgan fingerprint density at radius 1 is 1.04 bits per heavy atom. The number of hydrogen-bond acceptors (Lipinski definition) is 2. The molecular formula is C19H27N3O. The van der Waals surface area contributed by atoms with E-state index in [9.17, 15) is 4.79 Å². The topological polar surface area (TPSA) is 35.6 Å². The Kier molecular flexibility index (Phi) is 5.70. The molecule has 0 bridgehead atoms. The van der Waals surface area contributed by atoms with Crippen LogP contribution in [0.4, 0.5) is 10.5 Å². The molecule has 3 rings (SSSR count). The van der Waals surface area contributed by atoms with Crippen molar-refractivity contribution in [2.75, 3.05) is 38.0 Å². The van der Waals surface area contributed by atoms with Gasteiger partial charge in [-0.3, -0.25) is 4.90 Å². The van der Waals surface area contributed by atoms with E-state index in [-0.39, 0.29) is 6.03 Å². The van der Waals surface area contributed by atoms with E-state index in [2.05, 4.69) is 16.3 Å². The number of para-hydroxylation sites is 1. The Labute approximate surface area is 139 Å². The quantitative estimate of drug-likeness (QED) is 0.860. The Morgan fingerprint density at radius 2 is 1.83 bits per heavy atom. The molecule has 1 N–H and O–H groups in total. The molecule has 0 saturated carbocycles. The van der Waals surface area contributed by atoms with Gasteiger partial charge in [0.25, 0.3) is 0 Å². The lowest BCUT2D eigenvalue weighted by Gasteiger charge is -2.35. The first kappa shape index (κ1) is 16.1. The zero-order valence-corrected chi connectivity index (χ0v) is 13.8. The van der Waals surface area contributed by atoms with Crippen molar-refractivity contribution in [1.82, 2.24) is 9.80 Å². The Balaban J connectivity index is 1.39. The van der Waals surface area contributed by atoms with Crippen molar-refractivity contribution in [3.8, 4) is 0 Å². The van der Waals surface area contributed by atoms with Gasteiger partial charge in [-0.2, -0.15) is 0 Å². The van der Waals surface area contributed by atoms with Gasteiger partial charge in [-0.1, -0.05) is 29.8 Å². The highest BCUT2D eigenvalue weighted by atomic mass is 16.2. The number of allylic oxidation sites excluding steroid dienone is 1. The molecule has 2 amide bonds. The van der Waals surface area contributed by atoms with Crippen LogP contribution in [0.3, 0.4) is 0 Å². The average Bonchev–Trinajstić information content (AvgIpc) is 2.62. The van der Waals surface area contributed by atoms with E-state index >= 15 is 0 Å². The van der Waals surface area contributed by atoms with Crippen LogP contribution in [-0.4, -0.2) is 48.6 Å². The molecule has 1 aliphatic heterocycles. The summed E-state index contributed by atoms with van der Waals surface area (Å²) in [6.07, 6.45) is 8.92. The summed E-state index contributed by atoms with van der Waals surface area (Å²) in [4.78, 5) is 16.7. The van der Waals surface area contributed by atoms with Crippen LogP contribution in [-0.2, 0) is 0 Å². The molecule has 0 atom stereocenters. The van der Waals surface area contributed by atoms with Gasteiger partial charge in [0, 0.05) is 38.4 Å². The molecule has 0 spiro atoms. The summed E-state index contributed by atoms with van der Waals surface area (Å²) in [7, 11) is 0. The lowest BCUT2D eigenvalue weighted by Crippen LogP contribution is -2.50. The number of urea groups is 1. The molecule has 2 aliphatic rings. The summed E-state index contributed by atoms with van der Waals surface area (Å²) in [5.41, 5.74) is 2.50. The van der Waals surface area contributed by atoms with Gasteiger partial charge in [-0.05, 0) is 44.2 Å². The van der Waals surface area contributed by atoms with Gasteiger partial charge in [-0.25, -0.2) is 4.79 Å². The molecule has 124 valence electrons. The van der Waals surface area contributed by atoms with Crippen LogP contribution in [0.15, 0.2) is 42.0 Å². The number of benzene rings is 1. The number of anilines is 1. The molecule has 1 saturated heterocycles. The molecule has 1 aromatic rings. The van der Waals surface area contributed by atoms with Crippen molar-refractivity contribution in [3.63, 3.8) is 0 Å². The van der Waals surface area contributed by atoms with E-state index in [0.717, 1.165) is 38.4 Å². The minimum Gasteiger partial charge on any atom is -0.322 e. The summed E-state index contributed by atoms with van der Waals surface area (Å²) >= 11 is 0. The Morgan fingerprint density at radius 3 is 2.52 bits per heavy atom. The second kappa shape index (κ2) is 8.16. The van der Waals surface area contributed by atoms with Gasteiger partial charge in [0.15, 0.2) is 0 Å². The van der Waals surface area contributed by atoms with Crippen molar-refractivity contribution in [2.24, 2.45) is 0 Å². The first-order chi connectivity index (χ1) is 11.3. The number of nitrogens with one attached hydrogen (secondary N) is 1. The van der Waals surface area contributed by atoms with E-state index in [0.29, 0.717) is 0 Å². The second-order valence-electron chi connectivity index (χ2n) is 6.48. The second-order valence-corrected chi connectivity index (χ2v) is 6.48. The smallest absolute Gasteiger partial charge is 0.321 e. The monoisotopic (exact) mass is 313 g/mol. The van der Waals surface area contributed by atoms with Gasteiger partial charge in [-0.15, -0.1) is 0 Å². The maximum Gasteiger partial charge on any atom is 0.321 e. The third-order valence-electron chi connectivity index (χ3n) is 4.82. The zero-order valence-electron chi connectivity index (χ0n) is 13.8. The fourth-order valence-electron chi connectivity index (χ4n) is 3.33. The first-order valence-electron chi connectivity index (χ1n) is 8.82. The van der Waals surface area contributed by atoms with E-state index in [1.54, 1.807) is 5.57 Å². The SMILES string of the molecule is O=C(Nc1ccccc1)N1CCN(CCC2=CCCCC2)CC1. The number of hydrogen-bond donors (Lipinski definition) is 1. The molecule has 1 aromatic carbocycles. The average molecular weight is 313 g/mol. The summed E-state index contributed by atoms with van der Waals surface area (Å²) < 4.78 is 0. The highest BCUT2D eigenvalue weighted by Gasteiger charge is 2.21. The van der Waals surface area contributed by atoms with Gasteiger partial charge < -0.3 is 10.2 Å². The lowest BCUT2D eigenvalue weighted by molar-refractivity contribution is 0.148. The number of rotatable bonds is 4. The van der Waals surface area contributed by atoms with Crippen molar-refractivity contribution >= 4 is 11.7 Å². The molecular weight excluding hydrogens is 286 g/mol. The fraction of sp³-hybridized carbons (Fsp3) is 0.526. The maximum absolute atomic E-state index is 12.3. The Hall–Kier alpha value is -1.81. The van der Waals surface area contributed by atoms with E-state index < -0.39 is 0 Å². The van der Waals surface area contributed by atoms with Gasteiger partial charge in [0.05, 0.1) is 0 Å². The van der Waals surface area contributed by atoms with Gasteiger partial charge >= 0.3 is 6.03 Å². The summed E-state index contributed by atoms with van der Waals surface area (Å²) in [5.74, 6) is 0. The molecule has 4 nitrogen and oxygen atoms in total. The van der Waals surface area contributed by atoms with Gasteiger partial charge in [0.1, 0.15) is 0 Å². The van der Waals surface area contributed by atoms with Crippen molar-refractivity contribution < 1.29 is 4.79 Å². The predicted octanol–water partition coefficient (Wildman–Crippen LogP) is 3.73. The summed E-state index contributed by atoms with van der Waals surface area (Å²) in [6.45, 7) is 4.74. The minimum absolute atomic E-state index is 0.0193. The highest BCUT2D eigenvalue weighted by molar-refractivity contribution is 5.89. The lowest BCUT2D eigenvalue weighted by atomic mass is 9.97. The Bertz CT molecular complexity index is 533. The molecule has 23 heavy (non-hydrogen) atoms. The number of carbonyl (C=O) groups is 1. The molecule has 0 radical (unpaired) electrons. The van der Waals surface area contributed by atoms with Gasteiger partial charge in [0.2, 0.25) is 0 Å².